The lowest BCUT2D eigenvalue weighted by atomic mass is 10.2. The Bertz CT molecular complexity index is 804. The Labute approximate surface area is 159 Å². The number of likely N-dealkylation sites (N-methyl/N-ethyl adjacent to an activating group) is 1. The normalized spacial score (nSPS) is 13.6. The summed E-state index contributed by atoms with van der Waals surface area (Å²) in [6, 6.07) is 14.9. The van der Waals surface area contributed by atoms with E-state index in [0.717, 1.165) is 30.0 Å². The van der Waals surface area contributed by atoms with E-state index in [2.05, 4.69) is 0 Å². The second-order valence-electron chi connectivity index (χ2n) is 6.49. The van der Waals surface area contributed by atoms with E-state index in [1.165, 1.54) is 0 Å². The van der Waals surface area contributed by atoms with Gasteiger partial charge in [-0.3, -0.25) is 9.59 Å². The van der Waals surface area contributed by atoms with Gasteiger partial charge in [0.25, 0.3) is 5.91 Å². The van der Waals surface area contributed by atoms with Gasteiger partial charge >= 0.3 is 0 Å². The summed E-state index contributed by atoms with van der Waals surface area (Å²) in [6.45, 7) is 1.15. The molecule has 0 radical (unpaired) electrons. The van der Waals surface area contributed by atoms with Gasteiger partial charge in [0, 0.05) is 37.8 Å². The van der Waals surface area contributed by atoms with E-state index < -0.39 is 0 Å². The zero-order chi connectivity index (χ0) is 19.2. The molecule has 0 aliphatic carbocycles. The average molecular weight is 368 g/mol. The van der Waals surface area contributed by atoms with Gasteiger partial charge in [-0.25, -0.2) is 0 Å². The van der Waals surface area contributed by atoms with Crippen molar-refractivity contribution < 1.29 is 19.1 Å². The number of nitrogens with zero attached hydrogens (tertiary/aromatic N) is 2. The van der Waals surface area contributed by atoms with E-state index in [1.807, 2.05) is 36.4 Å². The highest BCUT2D eigenvalue weighted by atomic mass is 16.5. The van der Waals surface area contributed by atoms with Crippen molar-refractivity contribution in [3.8, 4) is 11.5 Å². The number of hydrogen-bond donors (Lipinski definition) is 0. The molecule has 0 saturated carbocycles. The molecular weight excluding hydrogens is 344 g/mol. The fraction of sp³-hybridized carbons (Fsp3) is 0.333. The molecule has 2 aromatic carbocycles. The number of carbonyl (C=O) groups is 2. The zero-order valence-corrected chi connectivity index (χ0v) is 15.7. The lowest BCUT2D eigenvalue weighted by Gasteiger charge is -2.19. The first-order chi connectivity index (χ1) is 13.1. The quantitative estimate of drug-likeness (QED) is 0.754. The molecule has 1 aliphatic heterocycles. The summed E-state index contributed by atoms with van der Waals surface area (Å²) in [5, 5.41) is 0. The summed E-state index contributed by atoms with van der Waals surface area (Å²) in [5.41, 5.74) is 1.81. The van der Waals surface area contributed by atoms with Crippen LogP contribution in [0.4, 0.5) is 5.69 Å². The van der Waals surface area contributed by atoms with Crippen molar-refractivity contribution >= 4 is 17.5 Å². The third-order valence-corrected chi connectivity index (χ3v) is 4.61. The van der Waals surface area contributed by atoms with Crippen LogP contribution in [0.1, 0.15) is 18.4 Å². The number of para-hydroxylation sites is 1. The first kappa shape index (κ1) is 18.8. The SMILES string of the molecule is COc1ccccc1CN(C)C(=O)COc1ccc(N2CCCC2=O)cc1. The number of benzene rings is 2. The highest BCUT2D eigenvalue weighted by Gasteiger charge is 2.21. The maximum atomic E-state index is 12.3. The third kappa shape index (κ3) is 4.58. The molecule has 6 heteroatoms. The summed E-state index contributed by atoms with van der Waals surface area (Å²) in [4.78, 5) is 27.5. The molecular formula is C21H24N2O4. The van der Waals surface area contributed by atoms with Crippen LogP contribution >= 0.6 is 0 Å². The van der Waals surface area contributed by atoms with Gasteiger partial charge in [0.1, 0.15) is 11.5 Å². The van der Waals surface area contributed by atoms with Gasteiger partial charge in [-0.1, -0.05) is 18.2 Å². The highest BCUT2D eigenvalue weighted by molar-refractivity contribution is 5.95. The van der Waals surface area contributed by atoms with Gasteiger partial charge in [-0.05, 0) is 36.8 Å². The van der Waals surface area contributed by atoms with Crippen LogP contribution in [0.5, 0.6) is 11.5 Å². The van der Waals surface area contributed by atoms with Crippen molar-refractivity contribution in [2.24, 2.45) is 0 Å². The Hall–Kier alpha value is -3.02. The van der Waals surface area contributed by atoms with Crippen LogP contribution in [-0.4, -0.2) is 44.0 Å². The zero-order valence-electron chi connectivity index (χ0n) is 15.7. The van der Waals surface area contributed by atoms with Crippen molar-refractivity contribution in [1.29, 1.82) is 0 Å². The van der Waals surface area contributed by atoms with Crippen molar-refractivity contribution in [2.45, 2.75) is 19.4 Å². The molecule has 0 unspecified atom stereocenters. The first-order valence-electron chi connectivity index (χ1n) is 8.97. The minimum absolute atomic E-state index is 0.0480. The van der Waals surface area contributed by atoms with Crippen LogP contribution in [-0.2, 0) is 16.1 Å². The van der Waals surface area contributed by atoms with E-state index in [9.17, 15) is 9.59 Å². The average Bonchev–Trinajstić information content (AvgIpc) is 3.12. The lowest BCUT2D eigenvalue weighted by Crippen LogP contribution is -2.31. The summed E-state index contributed by atoms with van der Waals surface area (Å²) < 4.78 is 10.9. The van der Waals surface area contributed by atoms with Gasteiger partial charge < -0.3 is 19.3 Å². The maximum Gasteiger partial charge on any atom is 0.260 e. The molecule has 6 nitrogen and oxygen atoms in total. The number of hydrogen-bond acceptors (Lipinski definition) is 4. The standard InChI is InChI=1S/C21H24N2O4/c1-22(14-16-6-3-4-7-19(16)26-2)21(25)15-27-18-11-9-17(10-12-18)23-13-5-8-20(23)24/h3-4,6-7,9-12H,5,8,13-15H2,1-2H3. The molecule has 1 saturated heterocycles. The number of methoxy groups -OCH3 is 1. The van der Waals surface area contributed by atoms with E-state index in [1.54, 1.807) is 36.1 Å². The van der Waals surface area contributed by atoms with E-state index in [0.29, 0.717) is 18.7 Å². The maximum absolute atomic E-state index is 12.3. The van der Waals surface area contributed by atoms with E-state index in [-0.39, 0.29) is 18.4 Å². The first-order valence-corrected chi connectivity index (χ1v) is 8.97. The van der Waals surface area contributed by atoms with Crippen LogP contribution in [0, 0.1) is 0 Å². The smallest absolute Gasteiger partial charge is 0.260 e. The molecule has 3 rings (SSSR count). The minimum Gasteiger partial charge on any atom is -0.496 e. The van der Waals surface area contributed by atoms with E-state index in [4.69, 9.17) is 9.47 Å². The molecule has 2 aromatic rings. The second-order valence-corrected chi connectivity index (χ2v) is 6.49. The Morgan fingerprint density at radius 1 is 1.15 bits per heavy atom. The molecule has 27 heavy (non-hydrogen) atoms. The Kier molecular flexibility index (Phi) is 5.96. The molecule has 1 fully saturated rings. The molecule has 0 bridgehead atoms. The monoisotopic (exact) mass is 368 g/mol. The summed E-state index contributed by atoms with van der Waals surface area (Å²) in [6.07, 6.45) is 1.50. The van der Waals surface area contributed by atoms with Crippen molar-refractivity contribution in [1.82, 2.24) is 4.90 Å². The minimum atomic E-state index is -0.125. The molecule has 1 aliphatic rings. The van der Waals surface area contributed by atoms with Gasteiger partial charge in [0.2, 0.25) is 5.91 Å². The molecule has 142 valence electrons. The van der Waals surface area contributed by atoms with Crippen LogP contribution in [0.3, 0.4) is 0 Å². The summed E-state index contributed by atoms with van der Waals surface area (Å²) in [5.74, 6) is 1.38. The van der Waals surface area contributed by atoms with Gasteiger partial charge in [-0.2, -0.15) is 0 Å². The largest absolute Gasteiger partial charge is 0.496 e. The number of anilines is 1. The number of carbonyl (C=O) groups excluding carboxylic acids is 2. The molecule has 1 heterocycles. The predicted molar refractivity (Wildman–Crippen MR) is 103 cm³/mol. The lowest BCUT2D eigenvalue weighted by molar-refractivity contribution is -0.132. The fourth-order valence-corrected chi connectivity index (χ4v) is 3.08. The summed E-state index contributed by atoms with van der Waals surface area (Å²) >= 11 is 0. The molecule has 0 aromatic heterocycles. The van der Waals surface area contributed by atoms with Gasteiger partial charge in [0.05, 0.1) is 7.11 Å². The van der Waals surface area contributed by atoms with Gasteiger partial charge in [0.15, 0.2) is 6.61 Å². The van der Waals surface area contributed by atoms with Crippen molar-refractivity contribution in [3.63, 3.8) is 0 Å². The molecule has 0 spiro atoms. The van der Waals surface area contributed by atoms with E-state index >= 15 is 0 Å². The third-order valence-electron chi connectivity index (χ3n) is 4.61. The van der Waals surface area contributed by atoms with Gasteiger partial charge in [-0.15, -0.1) is 0 Å². The topological polar surface area (TPSA) is 59.1 Å². The number of ether oxygens (including phenoxy) is 2. The van der Waals surface area contributed by atoms with Crippen molar-refractivity contribution in [3.05, 3.63) is 54.1 Å². The van der Waals surface area contributed by atoms with Crippen LogP contribution in [0.25, 0.3) is 0 Å². The van der Waals surface area contributed by atoms with Crippen LogP contribution in [0.15, 0.2) is 48.5 Å². The highest BCUT2D eigenvalue weighted by Crippen LogP contribution is 2.24. The Balaban J connectivity index is 1.53. The van der Waals surface area contributed by atoms with Crippen LogP contribution < -0.4 is 14.4 Å². The Morgan fingerprint density at radius 3 is 2.56 bits per heavy atom. The fourth-order valence-electron chi connectivity index (χ4n) is 3.08. The molecule has 2 amide bonds. The Morgan fingerprint density at radius 2 is 1.89 bits per heavy atom. The van der Waals surface area contributed by atoms with Crippen molar-refractivity contribution in [2.75, 3.05) is 32.2 Å². The molecule has 0 atom stereocenters. The molecule has 0 N–H and O–H groups in total. The number of rotatable bonds is 7. The number of amides is 2. The summed E-state index contributed by atoms with van der Waals surface area (Å²) in [7, 11) is 3.35. The second kappa shape index (κ2) is 8.58. The predicted octanol–water partition coefficient (Wildman–Crippen LogP) is 2.86. The van der Waals surface area contributed by atoms with Crippen LogP contribution in [0.2, 0.25) is 0 Å².